The Morgan fingerprint density at radius 1 is 0.846 bits per heavy atom. The van der Waals surface area contributed by atoms with Gasteiger partial charge in [0, 0.05) is 14.9 Å². The van der Waals surface area contributed by atoms with Crippen LogP contribution in [0.1, 0.15) is 0 Å². The molecule has 1 aliphatic heterocycles. The Bertz CT molecular complexity index is 420. The standard InChI is InChI=1S/C11H8S2/c1-2-4-9-6-11-10(12-7-13-11)5-8(9)3-1/h1-6H,7H2. The molecule has 0 unspecified atom stereocenters. The third-order valence-electron chi connectivity index (χ3n) is 2.24. The van der Waals surface area contributed by atoms with Gasteiger partial charge < -0.3 is 0 Å². The Balaban J connectivity index is 2.36. The highest BCUT2D eigenvalue weighted by molar-refractivity contribution is 8.18. The second-order valence-corrected chi connectivity index (χ2v) is 5.45. The fourth-order valence-corrected chi connectivity index (χ4v) is 4.01. The highest BCUT2D eigenvalue weighted by Crippen LogP contribution is 2.43. The molecular formula is C11H8S2. The Morgan fingerprint density at radius 2 is 1.38 bits per heavy atom. The lowest BCUT2D eigenvalue weighted by Gasteiger charge is -2.00. The second kappa shape index (κ2) is 2.96. The van der Waals surface area contributed by atoms with Crippen LogP contribution in [0, 0.1) is 0 Å². The summed E-state index contributed by atoms with van der Waals surface area (Å²) in [6.07, 6.45) is 0. The van der Waals surface area contributed by atoms with Gasteiger partial charge >= 0.3 is 0 Å². The molecule has 0 saturated carbocycles. The van der Waals surface area contributed by atoms with Crippen LogP contribution in [0.4, 0.5) is 0 Å². The molecule has 0 aliphatic carbocycles. The van der Waals surface area contributed by atoms with Crippen molar-refractivity contribution in [2.24, 2.45) is 0 Å². The van der Waals surface area contributed by atoms with Crippen molar-refractivity contribution in [1.29, 1.82) is 0 Å². The van der Waals surface area contributed by atoms with Gasteiger partial charge in [0.2, 0.25) is 0 Å². The molecule has 0 radical (unpaired) electrons. The molecule has 0 saturated heterocycles. The molecule has 2 heteroatoms. The van der Waals surface area contributed by atoms with E-state index in [4.69, 9.17) is 0 Å². The molecule has 13 heavy (non-hydrogen) atoms. The van der Waals surface area contributed by atoms with E-state index in [2.05, 4.69) is 36.4 Å². The van der Waals surface area contributed by atoms with Crippen LogP contribution in [0.3, 0.4) is 0 Å². The summed E-state index contributed by atoms with van der Waals surface area (Å²) in [5.41, 5.74) is 0. The lowest BCUT2D eigenvalue weighted by atomic mass is 10.1. The van der Waals surface area contributed by atoms with Crippen LogP contribution in [0.15, 0.2) is 46.2 Å². The van der Waals surface area contributed by atoms with Gasteiger partial charge in [-0.25, -0.2) is 0 Å². The summed E-state index contributed by atoms with van der Waals surface area (Å²) in [5.74, 6) is 0. The first-order chi connectivity index (χ1) is 6.43. The predicted octanol–water partition coefficient (Wildman–Crippen LogP) is 4.00. The molecule has 0 fully saturated rings. The number of hydrogen-bond acceptors (Lipinski definition) is 2. The van der Waals surface area contributed by atoms with Gasteiger partial charge in [0.05, 0.1) is 0 Å². The fraction of sp³-hybridized carbons (Fsp3) is 0.0909. The van der Waals surface area contributed by atoms with Crippen molar-refractivity contribution in [3.8, 4) is 0 Å². The molecule has 3 rings (SSSR count). The molecule has 0 nitrogen and oxygen atoms in total. The molecule has 0 amide bonds. The number of benzene rings is 2. The third-order valence-corrected chi connectivity index (χ3v) is 4.61. The van der Waals surface area contributed by atoms with Crippen molar-refractivity contribution in [3.05, 3.63) is 36.4 Å². The second-order valence-electron chi connectivity index (χ2n) is 3.05. The maximum Gasteiger partial charge on any atom is 0.0487 e. The monoisotopic (exact) mass is 204 g/mol. The van der Waals surface area contributed by atoms with E-state index in [1.807, 2.05) is 23.5 Å². The molecule has 0 aromatic heterocycles. The molecule has 0 atom stereocenters. The average Bonchev–Trinajstić information content (AvgIpc) is 2.61. The number of hydrogen-bond donors (Lipinski definition) is 0. The number of thioether (sulfide) groups is 2. The van der Waals surface area contributed by atoms with Gasteiger partial charge in [-0.15, -0.1) is 23.5 Å². The summed E-state index contributed by atoms with van der Waals surface area (Å²) in [4.78, 5) is 2.90. The Labute approximate surface area is 85.7 Å². The van der Waals surface area contributed by atoms with E-state index >= 15 is 0 Å². The van der Waals surface area contributed by atoms with Crippen molar-refractivity contribution < 1.29 is 0 Å². The van der Waals surface area contributed by atoms with Gasteiger partial charge in [0.15, 0.2) is 0 Å². The first-order valence-electron chi connectivity index (χ1n) is 4.22. The van der Waals surface area contributed by atoms with Crippen LogP contribution in [0.2, 0.25) is 0 Å². The number of fused-ring (bicyclic) bond motifs is 2. The first kappa shape index (κ1) is 7.77. The zero-order chi connectivity index (χ0) is 8.67. The average molecular weight is 204 g/mol. The van der Waals surface area contributed by atoms with E-state index in [1.165, 1.54) is 25.6 Å². The van der Waals surface area contributed by atoms with Crippen molar-refractivity contribution >= 4 is 34.3 Å². The fourth-order valence-electron chi connectivity index (χ4n) is 1.58. The Hall–Kier alpha value is -0.600. The minimum atomic E-state index is 1.17. The summed E-state index contributed by atoms with van der Waals surface area (Å²) < 4.78 is 0. The van der Waals surface area contributed by atoms with Gasteiger partial charge in [0.1, 0.15) is 0 Å². The van der Waals surface area contributed by atoms with Crippen LogP contribution in [-0.4, -0.2) is 5.08 Å². The van der Waals surface area contributed by atoms with Crippen LogP contribution in [-0.2, 0) is 0 Å². The van der Waals surface area contributed by atoms with Gasteiger partial charge in [-0.05, 0) is 22.9 Å². The van der Waals surface area contributed by atoms with Crippen molar-refractivity contribution in [2.45, 2.75) is 9.79 Å². The normalized spacial score (nSPS) is 14.8. The van der Waals surface area contributed by atoms with Crippen LogP contribution in [0.5, 0.6) is 0 Å². The first-order valence-corrected chi connectivity index (χ1v) is 6.19. The molecule has 2 aromatic rings. The van der Waals surface area contributed by atoms with E-state index in [0.29, 0.717) is 0 Å². The molecular weight excluding hydrogens is 196 g/mol. The molecule has 2 aromatic carbocycles. The zero-order valence-electron chi connectivity index (χ0n) is 6.99. The van der Waals surface area contributed by atoms with Gasteiger partial charge in [-0.3, -0.25) is 0 Å². The largest absolute Gasteiger partial charge is 0.114 e. The van der Waals surface area contributed by atoms with Gasteiger partial charge in [-0.1, -0.05) is 24.3 Å². The highest BCUT2D eigenvalue weighted by Gasteiger charge is 2.12. The number of rotatable bonds is 0. The minimum absolute atomic E-state index is 1.17. The summed E-state index contributed by atoms with van der Waals surface area (Å²) in [7, 11) is 0. The molecule has 1 heterocycles. The highest BCUT2D eigenvalue weighted by atomic mass is 32.2. The lowest BCUT2D eigenvalue weighted by molar-refractivity contribution is 1.30. The van der Waals surface area contributed by atoms with Crippen molar-refractivity contribution in [2.75, 3.05) is 5.08 Å². The maximum absolute atomic E-state index is 2.30. The van der Waals surface area contributed by atoms with Crippen molar-refractivity contribution in [3.63, 3.8) is 0 Å². The summed E-state index contributed by atoms with van der Waals surface area (Å²) in [6, 6.07) is 13.2. The smallest absolute Gasteiger partial charge is 0.0487 e. The molecule has 0 spiro atoms. The topological polar surface area (TPSA) is 0 Å². The quantitative estimate of drug-likeness (QED) is 0.636. The van der Waals surface area contributed by atoms with Gasteiger partial charge in [-0.2, -0.15) is 0 Å². The SMILES string of the molecule is c1ccc2cc3c(cc2c1)SCS3. The summed E-state index contributed by atoms with van der Waals surface area (Å²) in [5, 5.41) is 3.89. The lowest BCUT2D eigenvalue weighted by Crippen LogP contribution is -1.74. The molecule has 0 bridgehead atoms. The van der Waals surface area contributed by atoms with E-state index in [9.17, 15) is 0 Å². The summed E-state index contributed by atoms with van der Waals surface area (Å²) in [6.45, 7) is 0. The maximum atomic E-state index is 2.30. The van der Waals surface area contributed by atoms with E-state index in [-0.39, 0.29) is 0 Å². The Morgan fingerprint density at radius 3 is 1.92 bits per heavy atom. The van der Waals surface area contributed by atoms with Crippen molar-refractivity contribution in [1.82, 2.24) is 0 Å². The zero-order valence-corrected chi connectivity index (χ0v) is 8.62. The van der Waals surface area contributed by atoms with E-state index in [0.717, 1.165) is 0 Å². The van der Waals surface area contributed by atoms with E-state index in [1.54, 1.807) is 0 Å². The van der Waals surface area contributed by atoms with Crippen LogP contribution >= 0.6 is 23.5 Å². The van der Waals surface area contributed by atoms with Gasteiger partial charge in [0.25, 0.3) is 0 Å². The Kier molecular flexibility index (Phi) is 1.77. The third kappa shape index (κ3) is 1.25. The molecule has 0 N–H and O–H groups in total. The van der Waals surface area contributed by atoms with Crippen LogP contribution in [0.25, 0.3) is 10.8 Å². The predicted molar refractivity (Wildman–Crippen MR) is 60.5 cm³/mol. The van der Waals surface area contributed by atoms with E-state index < -0.39 is 0 Å². The minimum Gasteiger partial charge on any atom is -0.114 e. The molecule has 64 valence electrons. The summed E-state index contributed by atoms with van der Waals surface area (Å²) >= 11 is 3.89. The molecule has 1 aliphatic rings. The van der Waals surface area contributed by atoms with Crippen LogP contribution < -0.4 is 0 Å².